The van der Waals surface area contributed by atoms with E-state index >= 15 is 0 Å². The second kappa shape index (κ2) is 8.18. The van der Waals surface area contributed by atoms with Gasteiger partial charge in [0.05, 0.1) is 11.6 Å². The van der Waals surface area contributed by atoms with Gasteiger partial charge in [-0.15, -0.1) is 0 Å². The fourth-order valence-corrected chi connectivity index (χ4v) is 2.66. The summed E-state index contributed by atoms with van der Waals surface area (Å²) in [5.41, 5.74) is 0.876. The Bertz CT molecular complexity index is 781. The number of ether oxygens (including phenoxy) is 1. The van der Waals surface area contributed by atoms with Crippen LogP contribution in [0.2, 0.25) is 10.0 Å². The van der Waals surface area contributed by atoms with Gasteiger partial charge in [0, 0.05) is 22.2 Å². The Morgan fingerprint density at radius 3 is 2.40 bits per heavy atom. The van der Waals surface area contributed by atoms with Crippen molar-refractivity contribution in [1.29, 1.82) is 0 Å². The molecule has 2 aromatic rings. The third-order valence-corrected chi connectivity index (χ3v) is 4.04. The van der Waals surface area contributed by atoms with E-state index in [4.69, 9.17) is 27.9 Å². The van der Waals surface area contributed by atoms with Gasteiger partial charge in [0.1, 0.15) is 0 Å². The van der Waals surface area contributed by atoms with Gasteiger partial charge in [-0.05, 0) is 31.5 Å². The maximum Gasteiger partial charge on any atom is 0.339 e. The number of pyridine rings is 1. The maximum atomic E-state index is 12.2. The van der Waals surface area contributed by atoms with Gasteiger partial charge in [0.2, 0.25) is 0 Å². The van der Waals surface area contributed by atoms with Crippen LogP contribution in [0, 0.1) is 5.21 Å². The van der Waals surface area contributed by atoms with E-state index in [1.165, 1.54) is 31.5 Å². The lowest BCUT2D eigenvalue weighted by Crippen LogP contribution is -2.37. The van der Waals surface area contributed by atoms with E-state index in [0.717, 1.165) is 0 Å². The van der Waals surface area contributed by atoms with Gasteiger partial charge in [0.15, 0.2) is 18.5 Å². The van der Waals surface area contributed by atoms with Gasteiger partial charge in [0.25, 0.3) is 5.91 Å². The summed E-state index contributed by atoms with van der Waals surface area (Å²) < 4.78 is 5.65. The summed E-state index contributed by atoms with van der Waals surface area (Å²) in [6.07, 6.45) is 1.33. The lowest BCUT2D eigenvalue weighted by atomic mass is 10.1. The molecule has 0 saturated heterocycles. The normalized spacial score (nSPS) is 13.0. The molecule has 0 aliphatic carbocycles. The summed E-state index contributed by atoms with van der Waals surface area (Å²) in [7, 11) is 0. The molecule has 8 heteroatoms. The van der Waals surface area contributed by atoms with Crippen LogP contribution in [0.3, 0.4) is 0 Å². The highest BCUT2D eigenvalue weighted by Crippen LogP contribution is 2.26. The highest BCUT2D eigenvalue weighted by Gasteiger charge is 2.22. The predicted octanol–water partition coefficient (Wildman–Crippen LogP) is 3.05. The van der Waals surface area contributed by atoms with E-state index in [2.05, 4.69) is 5.32 Å². The molecule has 1 N–H and O–H groups in total. The van der Waals surface area contributed by atoms with Gasteiger partial charge in [-0.1, -0.05) is 29.3 Å². The van der Waals surface area contributed by atoms with Crippen molar-refractivity contribution < 1.29 is 19.1 Å². The molecule has 1 aromatic carbocycles. The summed E-state index contributed by atoms with van der Waals surface area (Å²) in [4.78, 5) is 24.2. The van der Waals surface area contributed by atoms with Crippen LogP contribution >= 0.6 is 23.2 Å². The molecule has 0 spiro atoms. The van der Waals surface area contributed by atoms with Crippen LogP contribution in [0.25, 0.3) is 0 Å². The molecule has 0 saturated carbocycles. The fourth-order valence-electron chi connectivity index (χ4n) is 2.09. The van der Waals surface area contributed by atoms with Gasteiger partial charge < -0.3 is 15.3 Å². The quantitative estimate of drug-likeness (QED) is 0.489. The number of esters is 1. The number of nitrogens with one attached hydrogen (secondary N) is 1. The van der Waals surface area contributed by atoms with E-state index in [1.807, 2.05) is 0 Å². The van der Waals surface area contributed by atoms with Gasteiger partial charge in [-0.25, -0.2) is 4.79 Å². The second-order valence-electron chi connectivity index (χ2n) is 5.39. The summed E-state index contributed by atoms with van der Waals surface area (Å²) >= 11 is 12.0. The number of benzene rings is 1. The second-order valence-corrected chi connectivity index (χ2v) is 6.23. The van der Waals surface area contributed by atoms with E-state index in [0.29, 0.717) is 20.3 Å². The zero-order valence-electron chi connectivity index (χ0n) is 13.5. The number of hydrogen-bond donors (Lipinski definition) is 1. The first kappa shape index (κ1) is 19.0. The van der Waals surface area contributed by atoms with E-state index in [-0.39, 0.29) is 5.56 Å². The molecule has 0 bridgehead atoms. The van der Waals surface area contributed by atoms with Crippen molar-refractivity contribution in [3.63, 3.8) is 0 Å². The predicted molar refractivity (Wildman–Crippen MR) is 93.3 cm³/mol. The maximum absolute atomic E-state index is 12.2. The van der Waals surface area contributed by atoms with Crippen LogP contribution in [0.15, 0.2) is 42.7 Å². The third-order valence-electron chi connectivity index (χ3n) is 3.48. The number of nitrogens with zero attached hydrogens (tertiary/aromatic N) is 1. The van der Waals surface area contributed by atoms with Crippen molar-refractivity contribution in [3.8, 4) is 0 Å². The summed E-state index contributed by atoms with van der Waals surface area (Å²) in [5, 5.41) is 14.6. The van der Waals surface area contributed by atoms with E-state index in [1.54, 1.807) is 25.1 Å². The number of amides is 1. The lowest BCUT2D eigenvalue weighted by molar-refractivity contribution is -0.605. The molecule has 1 heterocycles. The molecular formula is C17H16Cl2N2O4. The van der Waals surface area contributed by atoms with Crippen LogP contribution in [0.1, 0.15) is 35.8 Å². The van der Waals surface area contributed by atoms with E-state index in [9.17, 15) is 14.8 Å². The summed E-state index contributed by atoms with van der Waals surface area (Å²) in [6, 6.07) is 7.21. The van der Waals surface area contributed by atoms with Crippen LogP contribution in [0.5, 0.6) is 0 Å². The Hall–Kier alpha value is -2.31. The Morgan fingerprint density at radius 2 is 1.80 bits per heavy atom. The minimum atomic E-state index is -1.01. The van der Waals surface area contributed by atoms with Crippen molar-refractivity contribution in [3.05, 3.63) is 69.1 Å². The Balaban J connectivity index is 1.97. The summed E-state index contributed by atoms with van der Waals surface area (Å²) in [6.45, 7) is 3.21. The van der Waals surface area contributed by atoms with Crippen molar-refractivity contribution in [2.75, 3.05) is 0 Å². The van der Waals surface area contributed by atoms with Gasteiger partial charge in [-0.3, -0.25) is 4.79 Å². The highest BCUT2D eigenvalue weighted by molar-refractivity contribution is 6.35. The zero-order valence-corrected chi connectivity index (χ0v) is 15.0. The van der Waals surface area contributed by atoms with Crippen LogP contribution < -0.4 is 10.0 Å². The molecule has 1 amide bonds. The standard InChI is InChI=1S/C17H16Cl2N2O4/c1-10(14-4-3-13(18)9-15(14)19)20-16(22)11(2)25-17(23)12-5-7-21(24)8-6-12/h3-11H,1-2H3,(H,20,22)/t10-,11-/m0/s1. The molecule has 1 aromatic heterocycles. The zero-order chi connectivity index (χ0) is 18.6. The molecule has 2 rings (SSSR count). The fraction of sp³-hybridized carbons (Fsp3) is 0.235. The first-order valence-corrected chi connectivity index (χ1v) is 8.18. The topological polar surface area (TPSA) is 82.3 Å². The molecule has 0 aliphatic rings. The molecule has 0 aliphatic heterocycles. The number of aromatic nitrogens is 1. The lowest BCUT2D eigenvalue weighted by Gasteiger charge is -2.19. The Labute approximate surface area is 154 Å². The van der Waals surface area contributed by atoms with Crippen molar-refractivity contribution in [2.45, 2.75) is 26.0 Å². The third kappa shape index (κ3) is 5.08. The molecule has 132 valence electrons. The largest absolute Gasteiger partial charge is 0.619 e. The van der Waals surface area contributed by atoms with E-state index < -0.39 is 24.0 Å². The van der Waals surface area contributed by atoms with Gasteiger partial charge >= 0.3 is 5.97 Å². The van der Waals surface area contributed by atoms with Crippen LogP contribution in [-0.4, -0.2) is 18.0 Å². The number of carbonyl (C=O) groups excluding carboxylic acids is 2. The Morgan fingerprint density at radius 1 is 1.16 bits per heavy atom. The molecule has 0 fully saturated rings. The van der Waals surface area contributed by atoms with Crippen molar-refractivity contribution in [1.82, 2.24) is 5.32 Å². The molecule has 0 radical (unpaired) electrons. The minimum absolute atomic E-state index is 0.181. The number of halogens is 2. The average Bonchev–Trinajstić information content (AvgIpc) is 2.55. The molecule has 0 unspecified atom stereocenters. The monoisotopic (exact) mass is 382 g/mol. The SMILES string of the molecule is C[C@H](OC(=O)c1cc[n+]([O-])cc1)C(=O)N[C@@H](C)c1ccc(Cl)cc1Cl. The molecular weight excluding hydrogens is 367 g/mol. The molecule has 6 nitrogen and oxygen atoms in total. The molecule has 25 heavy (non-hydrogen) atoms. The number of carbonyl (C=O) groups is 2. The van der Waals surface area contributed by atoms with Crippen molar-refractivity contribution in [2.24, 2.45) is 0 Å². The van der Waals surface area contributed by atoms with Gasteiger partial charge in [-0.2, -0.15) is 4.73 Å². The number of rotatable bonds is 5. The van der Waals surface area contributed by atoms with Crippen LogP contribution in [-0.2, 0) is 9.53 Å². The van der Waals surface area contributed by atoms with Crippen LogP contribution in [0.4, 0.5) is 0 Å². The first-order chi connectivity index (χ1) is 11.8. The Kier molecular flexibility index (Phi) is 6.22. The number of hydrogen-bond acceptors (Lipinski definition) is 4. The average molecular weight is 383 g/mol. The molecule has 2 atom stereocenters. The summed E-state index contributed by atoms with van der Waals surface area (Å²) in [5.74, 6) is -1.16. The van der Waals surface area contributed by atoms with Crippen molar-refractivity contribution >= 4 is 35.1 Å². The first-order valence-electron chi connectivity index (χ1n) is 7.43. The highest BCUT2D eigenvalue weighted by atomic mass is 35.5. The minimum Gasteiger partial charge on any atom is -0.619 e. The smallest absolute Gasteiger partial charge is 0.339 e.